The third-order valence-electron chi connectivity index (χ3n) is 5.35. The fourth-order valence-corrected chi connectivity index (χ4v) is 3.95. The van der Waals surface area contributed by atoms with Gasteiger partial charge in [0, 0.05) is 30.1 Å². The van der Waals surface area contributed by atoms with Gasteiger partial charge in [-0.05, 0) is 42.5 Å². The average Bonchev–Trinajstić information content (AvgIpc) is 2.74. The molecule has 0 aromatic heterocycles. The molecule has 7 heteroatoms. The predicted molar refractivity (Wildman–Crippen MR) is 112 cm³/mol. The van der Waals surface area contributed by atoms with Crippen LogP contribution in [0.2, 0.25) is 5.02 Å². The van der Waals surface area contributed by atoms with Crippen molar-refractivity contribution in [2.75, 3.05) is 4.90 Å². The molecule has 0 saturated heterocycles. The smallest absolute Gasteiger partial charge is 0.303 e. The number of carbonyl (C=O) groups is 2. The number of terminal acetylenes is 1. The Hall–Kier alpha value is -2.91. The Labute approximate surface area is 179 Å². The normalized spacial score (nSPS) is 16.9. The van der Waals surface area contributed by atoms with Crippen molar-refractivity contribution in [3.05, 3.63) is 65.2 Å². The van der Waals surface area contributed by atoms with Crippen molar-refractivity contribution in [2.24, 2.45) is 0 Å². The van der Waals surface area contributed by atoms with E-state index < -0.39 is 36.1 Å². The second-order valence-electron chi connectivity index (χ2n) is 7.32. The number of amides is 2. The van der Waals surface area contributed by atoms with E-state index in [4.69, 9.17) is 18.0 Å². The van der Waals surface area contributed by atoms with Crippen LogP contribution in [-0.4, -0.2) is 23.3 Å². The number of halogens is 3. The zero-order chi connectivity index (χ0) is 21.8. The van der Waals surface area contributed by atoms with Crippen molar-refractivity contribution in [3.8, 4) is 12.3 Å². The summed E-state index contributed by atoms with van der Waals surface area (Å²) in [4.78, 5) is 27.3. The van der Waals surface area contributed by atoms with Gasteiger partial charge in [-0.15, -0.1) is 6.42 Å². The van der Waals surface area contributed by atoms with Crippen LogP contribution >= 0.6 is 11.6 Å². The quantitative estimate of drug-likeness (QED) is 0.706. The molecule has 0 unspecified atom stereocenters. The molecule has 30 heavy (non-hydrogen) atoms. The summed E-state index contributed by atoms with van der Waals surface area (Å²) in [7, 11) is 0. The molecule has 0 bridgehead atoms. The summed E-state index contributed by atoms with van der Waals surface area (Å²) >= 11 is 6.08. The predicted octanol–water partition coefficient (Wildman–Crippen LogP) is 4.57. The summed E-state index contributed by atoms with van der Waals surface area (Å²) in [5, 5.41) is 3.14. The molecule has 4 nitrogen and oxygen atoms in total. The molecule has 2 aromatic rings. The largest absolute Gasteiger partial charge is 0.350 e. The summed E-state index contributed by atoms with van der Waals surface area (Å²) in [5.41, 5.74) is -0.393. The molecule has 2 aromatic carbocycles. The van der Waals surface area contributed by atoms with Crippen molar-refractivity contribution in [2.45, 2.75) is 43.7 Å². The number of carbonyl (C=O) groups excluding carboxylic acids is 2. The minimum atomic E-state index is -2.90. The Morgan fingerprint density at radius 1 is 1.07 bits per heavy atom. The first-order valence-corrected chi connectivity index (χ1v) is 9.92. The Bertz CT molecular complexity index is 963. The SMILES string of the molecule is C#CC(=O)N(c1cccc(Cl)c1)C1(C(=O)NCc2ccccc2)CCC(F)(F)CC1. The standard InChI is InChI=1S/C23H21ClF2N2O2/c1-2-20(29)28(19-10-6-9-18(24)15-19)22(11-13-23(25,26)14-12-22)21(30)27-16-17-7-4-3-5-8-17/h1,3-10,15H,11-14,16H2,(H,27,30). The first kappa shape index (κ1) is 21.8. The molecule has 0 atom stereocenters. The summed E-state index contributed by atoms with van der Waals surface area (Å²) < 4.78 is 28.0. The fourth-order valence-electron chi connectivity index (χ4n) is 3.76. The number of alkyl halides is 2. The van der Waals surface area contributed by atoms with E-state index in [0.717, 1.165) is 10.5 Å². The van der Waals surface area contributed by atoms with Crippen LogP contribution in [-0.2, 0) is 16.1 Å². The lowest BCUT2D eigenvalue weighted by Gasteiger charge is -2.45. The summed E-state index contributed by atoms with van der Waals surface area (Å²) in [6.07, 6.45) is 3.88. The second kappa shape index (κ2) is 8.85. The summed E-state index contributed by atoms with van der Waals surface area (Å²) in [6.45, 7) is 0.200. The maximum atomic E-state index is 14.0. The highest BCUT2D eigenvalue weighted by Crippen LogP contribution is 2.44. The van der Waals surface area contributed by atoms with E-state index in [-0.39, 0.29) is 19.4 Å². The third kappa shape index (κ3) is 4.63. The highest BCUT2D eigenvalue weighted by Gasteiger charge is 2.53. The number of nitrogens with one attached hydrogen (secondary N) is 1. The highest BCUT2D eigenvalue weighted by atomic mass is 35.5. The number of rotatable bonds is 5. The first-order valence-electron chi connectivity index (χ1n) is 9.54. The molecule has 1 fully saturated rings. The van der Waals surface area contributed by atoms with E-state index in [9.17, 15) is 18.4 Å². The topological polar surface area (TPSA) is 49.4 Å². The van der Waals surface area contributed by atoms with Crippen LogP contribution in [0.5, 0.6) is 0 Å². The molecule has 2 amide bonds. The lowest BCUT2D eigenvalue weighted by Crippen LogP contribution is -2.63. The molecule has 0 heterocycles. The second-order valence-corrected chi connectivity index (χ2v) is 7.76. The van der Waals surface area contributed by atoms with Gasteiger partial charge in [0.2, 0.25) is 11.8 Å². The summed E-state index contributed by atoms with van der Waals surface area (Å²) in [6, 6.07) is 15.5. The van der Waals surface area contributed by atoms with Gasteiger partial charge >= 0.3 is 5.91 Å². The minimum absolute atomic E-state index is 0.200. The van der Waals surface area contributed by atoms with Crippen molar-refractivity contribution < 1.29 is 18.4 Å². The van der Waals surface area contributed by atoms with E-state index in [1.165, 1.54) is 6.07 Å². The van der Waals surface area contributed by atoms with Gasteiger partial charge in [0.1, 0.15) is 5.54 Å². The van der Waals surface area contributed by atoms with Crippen LogP contribution in [0.25, 0.3) is 0 Å². The van der Waals surface area contributed by atoms with Gasteiger partial charge in [0.05, 0.1) is 0 Å². The zero-order valence-electron chi connectivity index (χ0n) is 16.2. The van der Waals surface area contributed by atoms with Gasteiger partial charge in [-0.25, -0.2) is 8.78 Å². The molecule has 3 rings (SSSR count). The molecule has 1 aliphatic rings. The monoisotopic (exact) mass is 430 g/mol. The molecule has 1 N–H and O–H groups in total. The van der Waals surface area contributed by atoms with Gasteiger partial charge in [-0.1, -0.05) is 48.0 Å². The number of hydrogen-bond donors (Lipinski definition) is 1. The molecular weight excluding hydrogens is 410 g/mol. The fraction of sp³-hybridized carbons (Fsp3) is 0.304. The zero-order valence-corrected chi connectivity index (χ0v) is 17.0. The Kier molecular flexibility index (Phi) is 6.42. The van der Waals surface area contributed by atoms with Crippen LogP contribution in [0.4, 0.5) is 14.5 Å². The van der Waals surface area contributed by atoms with Gasteiger partial charge in [0.25, 0.3) is 0 Å². The Balaban J connectivity index is 2.00. The average molecular weight is 431 g/mol. The lowest BCUT2D eigenvalue weighted by molar-refractivity contribution is -0.134. The number of nitrogens with zero attached hydrogens (tertiary/aromatic N) is 1. The molecular formula is C23H21ClF2N2O2. The summed E-state index contributed by atoms with van der Waals surface area (Å²) in [5.74, 6) is -2.17. The molecule has 0 radical (unpaired) electrons. The van der Waals surface area contributed by atoms with Gasteiger partial charge in [0.15, 0.2) is 0 Å². The van der Waals surface area contributed by atoms with E-state index >= 15 is 0 Å². The molecule has 1 aliphatic carbocycles. The minimum Gasteiger partial charge on any atom is -0.350 e. The van der Waals surface area contributed by atoms with Crippen molar-refractivity contribution in [1.29, 1.82) is 0 Å². The number of anilines is 1. The van der Waals surface area contributed by atoms with Crippen molar-refractivity contribution in [3.63, 3.8) is 0 Å². The van der Waals surface area contributed by atoms with Gasteiger partial charge in [-0.3, -0.25) is 14.5 Å². The van der Waals surface area contributed by atoms with Crippen LogP contribution in [0, 0.1) is 12.3 Å². The molecule has 0 aliphatic heterocycles. The van der Waals surface area contributed by atoms with Crippen molar-refractivity contribution in [1.82, 2.24) is 5.32 Å². The number of benzene rings is 2. The molecule has 0 spiro atoms. The van der Waals surface area contributed by atoms with E-state index in [0.29, 0.717) is 10.7 Å². The van der Waals surface area contributed by atoms with Crippen LogP contribution in [0.1, 0.15) is 31.2 Å². The van der Waals surface area contributed by atoms with E-state index in [2.05, 4.69) is 5.32 Å². The van der Waals surface area contributed by atoms with E-state index in [1.54, 1.807) is 18.2 Å². The Morgan fingerprint density at radius 2 is 1.73 bits per heavy atom. The van der Waals surface area contributed by atoms with Crippen LogP contribution < -0.4 is 10.2 Å². The molecule has 156 valence electrons. The van der Waals surface area contributed by atoms with Crippen LogP contribution in [0.15, 0.2) is 54.6 Å². The lowest BCUT2D eigenvalue weighted by atomic mass is 9.77. The van der Waals surface area contributed by atoms with Crippen LogP contribution in [0.3, 0.4) is 0 Å². The number of hydrogen-bond acceptors (Lipinski definition) is 2. The Morgan fingerprint density at radius 3 is 2.33 bits per heavy atom. The first-order chi connectivity index (χ1) is 14.3. The maximum Gasteiger partial charge on any atom is 0.303 e. The molecule has 1 saturated carbocycles. The third-order valence-corrected chi connectivity index (χ3v) is 5.58. The van der Waals surface area contributed by atoms with E-state index in [1.807, 2.05) is 36.3 Å². The highest BCUT2D eigenvalue weighted by molar-refractivity contribution is 6.31. The van der Waals surface area contributed by atoms with Gasteiger partial charge < -0.3 is 5.32 Å². The maximum absolute atomic E-state index is 14.0. The van der Waals surface area contributed by atoms with Crippen molar-refractivity contribution >= 4 is 29.1 Å². The van der Waals surface area contributed by atoms with Gasteiger partial charge in [-0.2, -0.15) is 0 Å².